The van der Waals surface area contributed by atoms with Crippen LogP contribution in [0.5, 0.6) is 5.88 Å². The lowest BCUT2D eigenvalue weighted by Crippen LogP contribution is -2.70. The number of carbonyl (C=O) groups excluding carboxylic acids is 3. The highest BCUT2D eigenvalue weighted by Gasteiger charge is 2.55. The molecule has 238 valence electrons. The van der Waals surface area contributed by atoms with E-state index in [9.17, 15) is 14.4 Å². The van der Waals surface area contributed by atoms with Crippen LogP contribution < -0.4 is 20.8 Å². The number of thiazole rings is 1. The van der Waals surface area contributed by atoms with Crippen LogP contribution in [0.3, 0.4) is 0 Å². The van der Waals surface area contributed by atoms with E-state index in [1.807, 2.05) is 79.7 Å². The molecule has 4 heterocycles. The minimum Gasteiger partial charge on any atom is -0.448 e. The van der Waals surface area contributed by atoms with Crippen molar-refractivity contribution in [2.45, 2.75) is 17.5 Å². The summed E-state index contributed by atoms with van der Waals surface area (Å²) in [6.07, 6.45) is 0.175. The lowest BCUT2D eigenvalue weighted by atomic mass is 10.0. The van der Waals surface area contributed by atoms with Crippen molar-refractivity contribution in [3.63, 3.8) is 0 Å². The molecule has 0 saturated carbocycles. The summed E-state index contributed by atoms with van der Waals surface area (Å²) in [5.41, 5.74) is 7.71. The molecule has 6 rings (SSSR count). The first-order chi connectivity index (χ1) is 21.8. The van der Waals surface area contributed by atoms with Gasteiger partial charge < -0.3 is 25.5 Å². The zero-order valence-corrected chi connectivity index (χ0v) is 28.5. The topological polar surface area (TPSA) is 165 Å². The second-order valence-electron chi connectivity index (χ2n) is 9.96. The predicted octanol–water partition coefficient (Wildman–Crippen LogP) is 3.73. The normalized spacial score (nSPS) is 17.3. The van der Waals surface area contributed by atoms with Gasteiger partial charge in [0.15, 0.2) is 11.2 Å². The maximum atomic E-state index is 14.1. The third kappa shape index (κ3) is 6.91. The highest BCUT2D eigenvalue weighted by Crippen LogP contribution is 2.45. The highest BCUT2D eigenvalue weighted by atomic mass is 79.9. The molecular weight excluding hydrogens is 716 g/mol. The van der Waals surface area contributed by atoms with Crippen LogP contribution in [0, 0.1) is 0 Å². The smallest absolute Gasteiger partial charge is 0.356 e. The SMILES string of the molecule is Br.CN(C)c1nnc(C2=C(C(=O)OC(c3ccccc3)c3ccccc3)N3C(=O)C(NC(=O)/C=N/Oc4csc(N)n4)C3SC2)s1. The van der Waals surface area contributed by atoms with Gasteiger partial charge in [0.25, 0.3) is 17.7 Å². The number of fused-ring (bicyclic) bond motifs is 1. The number of esters is 1. The fourth-order valence-electron chi connectivity index (χ4n) is 4.67. The minimum atomic E-state index is -0.904. The number of hydrogen-bond donors (Lipinski definition) is 2. The molecule has 1 fully saturated rings. The number of ether oxygens (including phenoxy) is 1. The van der Waals surface area contributed by atoms with E-state index in [4.69, 9.17) is 15.3 Å². The number of nitrogens with one attached hydrogen (secondary N) is 1. The van der Waals surface area contributed by atoms with Crippen LogP contribution in [0.2, 0.25) is 0 Å². The maximum absolute atomic E-state index is 14.1. The molecule has 0 bridgehead atoms. The molecule has 2 atom stereocenters. The summed E-state index contributed by atoms with van der Waals surface area (Å²) in [4.78, 5) is 52.4. The molecule has 2 aliphatic rings. The van der Waals surface area contributed by atoms with Crippen molar-refractivity contribution >= 4 is 91.3 Å². The molecule has 3 N–H and O–H groups in total. The number of β-lactam (4-membered cyclic amide) rings is 1. The third-order valence-corrected chi connectivity index (χ3v) is 9.84. The van der Waals surface area contributed by atoms with E-state index in [0.29, 0.717) is 26.6 Å². The van der Waals surface area contributed by atoms with E-state index in [1.54, 1.807) is 5.38 Å². The van der Waals surface area contributed by atoms with Gasteiger partial charge in [0, 0.05) is 25.4 Å². The number of nitrogens with two attached hydrogens (primary N) is 1. The Morgan fingerprint density at radius 1 is 1.11 bits per heavy atom. The van der Waals surface area contributed by atoms with Crippen molar-refractivity contribution in [1.29, 1.82) is 0 Å². The number of halogens is 1. The molecule has 13 nitrogen and oxygen atoms in total. The number of nitrogen functional groups attached to an aromatic ring is 1. The van der Waals surface area contributed by atoms with Gasteiger partial charge in [-0.25, -0.2) is 4.79 Å². The Morgan fingerprint density at radius 2 is 1.78 bits per heavy atom. The second-order valence-corrected chi connectivity index (χ2v) is 12.9. The number of thioether (sulfide) groups is 1. The number of amides is 2. The van der Waals surface area contributed by atoms with E-state index < -0.39 is 35.3 Å². The van der Waals surface area contributed by atoms with E-state index in [1.165, 1.54) is 39.3 Å². The molecule has 4 aromatic rings. The van der Waals surface area contributed by atoms with Crippen LogP contribution in [0.1, 0.15) is 22.2 Å². The predicted molar refractivity (Wildman–Crippen MR) is 183 cm³/mol. The maximum Gasteiger partial charge on any atom is 0.356 e. The Balaban J connectivity index is 0.00000417. The summed E-state index contributed by atoms with van der Waals surface area (Å²) in [5, 5.41) is 17.2. The van der Waals surface area contributed by atoms with Gasteiger partial charge in [0.05, 0.1) is 5.38 Å². The number of hydrogen-bond acceptors (Lipinski definition) is 14. The average molecular weight is 744 g/mol. The summed E-state index contributed by atoms with van der Waals surface area (Å²) in [7, 11) is 3.69. The van der Waals surface area contributed by atoms with Crippen LogP contribution in [-0.2, 0) is 19.1 Å². The molecule has 2 amide bonds. The van der Waals surface area contributed by atoms with Gasteiger partial charge in [-0.3, -0.25) is 14.5 Å². The van der Waals surface area contributed by atoms with Crippen LogP contribution in [0.15, 0.2) is 76.9 Å². The van der Waals surface area contributed by atoms with E-state index in [2.05, 4.69) is 25.7 Å². The van der Waals surface area contributed by atoms with Crippen LogP contribution >= 0.6 is 51.4 Å². The Kier molecular flexibility index (Phi) is 10.4. The number of aromatic nitrogens is 3. The van der Waals surface area contributed by atoms with Crippen LogP contribution in [0.25, 0.3) is 5.57 Å². The van der Waals surface area contributed by atoms with Crippen molar-refractivity contribution in [2.75, 3.05) is 30.5 Å². The number of anilines is 2. The summed E-state index contributed by atoms with van der Waals surface area (Å²) in [6.45, 7) is 0. The molecule has 0 radical (unpaired) electrons. The van der Waals surface area contributed by atoms with Gasteiger partial charge in [-0.05, 0) is 11.1 Å². The number of oxime groups is 1. The lowest BCUT2D eigenvalue weighted by molar-refractivity contribution is -0.154. The number of carbonyl (C=O) groups is 3. The third-order valence-electron chi connectivity index (χ3n) is 6.76. The Morgan fingerprint density at radius 3 is 2.37 bits per heavy atom. The molecule has 0 spiro atoms. The Hall–Kier alpha value is -4.32. The van der Waals surface area contributed by atoms with Gasteiger partial charge in [0.1, 0.15) is 28.3 Å². The minimum absolute atomic E-state index is 0. The first-order valence-corrected chi connectivity index (χ1v) is 16.3. The van der Waals surface area contributed by atoms with Crippen molar-refractivity contribution in [1.82, 2.24) is 25.4 Å². The van der Waals surface area contributed by atoms with Gasteiger partial charge in [0.2, 0.25) is 5.13 Å². The first-order valence-electron chi connectivity index (χ1n) is 13.5. The Labute approximate surface area is 286 Å². The molecule has 1 saturated heterocycles. The van der Waals surface area contributed by atoms with E-state index in [-0.39, 0.29) is 28.6 Å². The average Bonchev–Trinajstić information content (AvgIpc) is 3.72. The molecule has 2 aromatic carbocycles. The first kappa shape index (κ1) is 33.1. The largest absolute Gasteiger partial charge is 0.448 e. The molecule has 2 unspecified atom stereocenters. The summed E-state index contributed by atoms with van der Waals surface area (Å²) >= 11 is 3.86. The summed E-state index contributed by atoms with van der Waals surface area (Å²) in [6, 6.07) is 17.8. The highest BCUT2D eigenvalue weighted by molar-refractivity contribution is 8.93. The number of benzene rings is 2. The van der Waals surface area contributed by atoms with Gasteiger partial charge in [-0.1, -0.05) is 77.2 Å². The van der Waals surface area contributed by atoms with E-state index in [0.717, 1.165) is 17.3 Å². The molecular formula is C29H27BrN8O5S3. The quantitative estimate of drug-likeness (QED) is 0.105. The van der Waals surface area contributed by atoms with Gasteiger partial charge >= 0.3 is 5.97 Å². The van der Waals surface area contributed by atoms with Crippen LogP contribution in [-0.4, -0.2) is 75.3 Å². The fraction of sp³-hybridized carbons (Fsp3) is 0.207. The van der Waals surface area contributed by atoms with Crippen LogP contribution in [0.4, 0.5) is 10.3 Å². The van der Waals surface area contributed by atoms with Gasteiger partial charge in [-0.15, -0.1) is 50.3 Å². The fourth-order valence-corrected chi connectivity index (χ4v) is 7.38. The molecule has 2 aliphatic heterocycles. The summed E-state index contributed by atoms with van der Waals surface area (Å²) < 4.78 is 6.19. The standard InChI is InChI=1S/C29H26N8O5S3.BrH/c1-36(2)29-35-34-24(45-29)18-14-43-26-21(32-19(38)13-31-42-20-15-44-28(30)33-20)25(39)37(26)22(18)27(40)41-23(16-9-5-3-6-10-16)17-11-7-4-8-12-17;/h3-13,15,21,23,26H,14H2,1-2H3,(H2,30,33)(H,32,38);1H/b31-13+;. The monoisotopic (exact) mass is 742 g/mol. The number of rotatable bonds is 10. The van der Waals surface area contributed by atoms with Crippen molar-refractivity contribution in [3.05, 3.63) is 87.9 Å². The second kappa shape index (κ2) is 14.4. The zero-order valence-electron chi connectivity index (χ0n) is 24.3. The molecule has 2 aromatic heterocycles. The van der Waals surface area contributed by atoms with Crippen molar-refractivity contribution in [3.8, 4) is 5.88 Å². The van der Waals surface area contributed by atoms with Crippen molar-refractivity contribution in [2.24, 2.45) is 5.16 Å². The lowest BCUT2D eigenvalue weighted by Gasteiger charge is -2.49. The Bertz CT molecular complexity index is 1740. The molecule has 0 aliphatic carbocycles. The number of nitrogens with zero attached hydrogens (tertiary/aromatic N) is 6. The molecule has 17 heteroatoms. The van der Waals surface area contributed by atoms with E-state index >= 15 is 0 Å². The van der Waals surface area contributed by atoms with Crippen molar-refractivity contribution < 1.29 is 24.0 Å². The molecule has 46 heavy (non-hydrogen) atoms. The zero-order chi connectivity index (χ0) is 31.5. The van der Waals surface area contributed by atoms with Gasteiger partial charge in [-0.2, -0.15) is 4.98 Å². The summed E-state index contributed by atoms with van der Waals surface area (Å²) in [5.74, 6) is -1.33.